The molecule has 29 heavy (non-hydrogen) atoms. The van der Waals surface area contributed by atoms with E-state index >= 15 is 0 Å². The summed E-state index contributed by atoms with van der Waals surface area (Å²) in [5.74, 6) is -3.04. The topological polar surface area (TPSA) is 177 Å². The summed E-state index contributed by atoms with van der Waals surface area (Å²) in [5.41, 5.74) is 11.4. The number of rotatable bonds is 14. The van der Waals surface area contributed by atoms with Crippen molar-refractivity contribution in [3.63, 3.8) is 0 Å². The van der Waals surface area contributed by atoms with Crippen molar-refractivity contribution >= 4 is 23.7 Å². The number of carboxylic acid groups (broad SMARTS) is 1. The van der Waals surface area contributed by atoms with Crippen LogP contribution in [0.2, 0.25) is 0 Å². The molecule has 4 unspecified atom stereocenters. The summed E-state index contributed by atoms with van der Waals surface area (Å²) in [6.07, 6.45) is 2.24. The molecule has 0 aromatic rings. The lowest BCUT2D eigenvalue weighted by atomic mass is 9.97. The van der Waals surface area contributed by atoms with Gasteiger partial charge in [-0.2, -0.15) is 0 Å². The second kappa shape index (κ2) is 13.9. The molecule has 0 saturated heterocycles. The van der Waals surface area contributed by atoms with Crippen LogP contribution in [0.3, 0.4) is 0 Å². The van der Waals surface area contributed by atoms with Gasteiger partial charge in [0.2, 0.25) is 17.7 Å². The zero-order valence-corrected chi connectivity index (χ0v) is 17.9. The maximum Gasteiger partial charge on any atom is 0.322 e. The van der Waals surface area contributed by atoms with Crippen molar-refractivity contribution in [1.29, 1.82) is 0 Å². The molecule has 10 heteroatoms. The number of carboxylic acids is 1. The Hall–Kier alpha value is -2.20. The van der Waals surface area contributed by atoms with Crippen molar-refractivity contribution in [1.82, 2.24) is 16.0 Å². The molecule has 10 nitrogen and oxygen atoms in total. The highest BCUT2D eigenvalue weighted by atomic mass is 16.4. The summed E-state index contributed by atoms with van der Waals surface area (Å²) in [4.78, 5) is 48.3. The van der Waals surface area contributed by atoms with Crippen LogP contribution in [0.1, 0.15) is 53.4 Å². The van der Waals surface area contributed by atoms with E-state index in [1.807, 2.05) is 6.92 Å². The van der Waals surface area contributed by atoms with Gasteiger partial charge in [-0.05, 0) is 37.6 Å². The van der Waals surface area contributed by atoms with E-state index in [2.05, 4.69) is 16.0 Å². The molecule has 0 aromatic carbocycles. The summed E-state index contributed by atoms with van der Waals surface area (Å²) >= 11 is 0. The lowest BCUT2D eigenvalue weighted by molar-refractivity contribution is -0.139. The molecular formula is C19H37N5O5. The van der Waals surface area contributed by atoms with E-state index in [0.717, 1.165) is 0 Å². The lowest BCUT2D eigenvalue weighted by Gasteiger charge is -2.27. The van der Waals surface area contributed by atoms with Gasteiger partial charge in [-0.25, -0.2) is 0 Å². The first-order chi connectivity index (χ1) is 13.5. The van der Waals surface area contributed by atoms with Gasteiger partial charge >= 0.3 is 5.97 Å². The van der Waals surface area contributed by atoms with Crippen LogP contribution in [0.5, 0.6) is 0 Å². The zero-order valence-electron chi connectivity index (χ0n) is 17.9. The number of aliphatic carboxylic acids is 1. The fraction of sp³-hybridized carbons (Fsp3) is 0.789. The number of carbonyl (C=O) groups excluding carboxylic acids is 3. The summed E-state index contributed by atoms with van der Waals surface area (Å²) in [6, 6.07) is -2.54. The molecule has 0 saturated carbocycles. The number of carbonyl (C=O) groups is 4. The second-order valence-electron chi connectivity index (χ2n) is 7.60. The standard InChI is InChI=1S/C19H37N5O5/c1-5-12(4)16(19(29)22-10-14(25)26)24-17(27)13(8-6-7-9-20)23-18(28)15(21)11(2)3/h11-13,15-16H,5-10,20-21H2,1-4H3,(H,22,29)(H,23,28)(H,24,27)(H,25,26). The van der Waals surface area contributed by atoms with E-state index in [1.165, 1.54) is 0 Å². The van der Waals surface area contributed by atoms with Crippen LogP contribution in [0, 0.1) is 11.8 Å². The van der Waals surface area contributed by atoms with Crippen LogP contribution in [0.15, 0.2) is 0 Å². The molecule has 0 bridgehead atoms. The first-order valence-corrected chi connectivity index (χ1v) is 10.1. The second-order valence-corrected chi connectivity index (χ2v) is 7.60. The third-order valence-electron chi connectivity index (χ3n) is 4.81. The molecule has 0 aliphatic rings. The quantitative estimate of drug-likeness (QED) is 0.203. The van der Waals surface area contributed by atoms with Crippen molar-refractivity contribution < 1.29 is 24.3 Å². The monoisotopic (exact) mass is 415 g/mol. The van der Waals surface area contributed by atoms with Crippen LogP contribution in [-0.4, -0.2) is 60.0 Å². The maximum absolute atomic E-state index is 12.8. The van der Waals surface area contributed by atoms with Gasteiger partial charge in [0.15, 0.2) is 0 Å². The van der Waals surface area contributed by atoms with Gasteiger partial charge in [-0.1, -0.05) is 34.1 Å². The van der Waals surface area contributed by atoms with Gasteiger partial charge in [0.1, 0.15) is 18.6 Å². The minimum atomic E-state index is -1.18. The van der Waals surface area contributed by atoms with Crippen LogP contribution >= 0.6 is 0 Å². The highest BCUT2D eigenvalue weighted by molar-refractivity contribution is 5.93. The van der Waals surface area contributed by atoms with Gasteiger partial charge in [0, 0.05) is 0 Å². The molecule has 0 radical (unpaired) electrons. The number of hydrogen-bond donors (Lipinski definition) is 6. The summed E-state index contributed by atoms with van der Waals surface area (Å²) < 4.78 is 0. The fourth-order valence-corrected chi connectivity index (χ4v) is 2.56. The van der Waals surface area contributed by atoms with E-state index in [4.69, 9.17) is 16.6 Å². The predicted octanol–water partition coefficient (Wildman–Crippen LogP) is -0.685. The zero-order chi connectivity index (χ0) is 22.6. The number of nitrogens with one attached hydrogen (secondary N) is 3. The van der Waals surface area contributed by atoms with Crippen LogP contribution < -0.4 is 27.4 Å². The Morgan fingerprint density at radius 2 is 1.59 bits per heavy atom. The Bertz CT molecular complexity index is 555. The highest BCUT2D eigenvalue weighted by Gasteiger charge is 2.30. The van der Waals surface area contributed by atoms with Crippen LogP contribution in [0.25, 0.3) is 0 Å². The number of amides is 3. The fourth-order valence-electron chi connectivity index (χ4n) is 2.56. The van der Waals surface area contributed by atoms with E-state index in [0.29, 0.717) is 32.2 Å². The first kappa shape index (κ1) is 26.8. The molecule has 8 N–H and O–H groups in total. The van der Waals surface area contributed by atoms with Gasteiger partial charge in [-0.3, -0.25) is 19.2 Å². The highest BCUT2D eigenvalue weighted by Crippen LogP contribution is 2.10. The molecule has 168 valence electrons. The summed E-state index contributed by atoms with van der Waals surface area (Å²) in [6.45, 7) is 7.17. The smallest absolute Gasteiger partial charge is 0.322 e. The lowest BCUT2D eigenvalue weighted by Crippen LogP contribution is -2.58. The van der Waals surface area contributed by atoms with E-state index in [9.17, 15) is 19.2 Å². The third kappa shape index (κ3) is 10.2. The van der Waals surface area contributed by atoms with Gasteiger partial charge in [-0.15, -0.1) is 0 Å². The molecule has 0 aliphatic heterocycles. The van der Waals surface area contributed by atoms with Gasteiger partial charge < -0.3 is 32.5 Å². The number of unbranched alkanes of at least 4 members (excludes halogenated alkanes) is 1. The molecule has 0 rings (SSSR count). The molecule has 4 atom stereocenters. The maximum atomic E-state index is 12.8. The molecule has 3 amide bonds. The van der Waals surface area contributed by atoms with Crippen molar-refractivity contribution in [2.75, 3.05) is 13.1 Å². The summed E-state index contributed by atoms with van der Waals surface area (Å²) in [7, 11) is 0. The van der Waals surface area contributed by atoms with Crippen molar-refractivity contribution in [2.24, 2.45) is 23.3 Å². The summed E-state index contributed by atoms with van der Waals surface area (Å²) in [5, 5.41) is 16.4. The van der Waals surface area contributed by atoms with Crippen LogP contribution in [-0.2, 0) is 19.2 Å². The molecule has 0 spiro atoms. The minimum absolute atomic E-state index is 0.0996. The van der Waals surface area contributed by atoms with E-state index < -0.39 is 48.4 Å². The van der Waals surface area contributed by atoms with Gasteiger partial charge in [0.05, 0.1) is 6.04 Å². The molecule has 0 heterocycles. The molecule has 0 fully saturated rings. The Labute approximate surface area is 172 Å². The number of nitrogens with two attached hydrogens (primary N) is 2. The van der Waals surface area contributed by atoms with Crippen molar-refractivity contribution in [3.05, 3.63) is 0 Å². The third-order valence-corrected chi connectivity index (χ3v) is 4.81. The Kier molecular flexibility index (Phi) is 12.8. The normalized spacial score (nSPS) is 15.1. The predicted molar refractivity (Wildman–Crippen MR) is 110 cm³/mol. The van der Waals surface area contributed by atoms with Crippen LogP contribution in [0.4, 0.5) is 0 Å². The Morgan fingerprint density at radius 3 is 2.07 bits per heavy atom. The first-order valence-electron chi connectivity index (χ1n) is 10.1. The number of hydrogen-bond acceptors (Lipinski definition) is 6. The average molecular weight is 416 g/mol. The molecule has 0 aromatic heterocycles. The molecular weight excluding hydrogens is 378 g/mol. The average Bonchev–Trinajstić information content (AvgIpc) is 2.67. The van der Waals surface area contributed by atoms with Crippen molar-refractivity contribution in [3.8, 4) is 0 Å². The van der Waals surface area contributed by atoms with E-state index in [-0.39, 0.29) is 11.8 Å². The van der Waals surface area contributed by atoms with Crippen molar-refractivity contribution in [2.45, 2.75) is 71.5 Å². The SMILES string of the molecule is CCC(C)C(NC(=O)C(CCCCN)NC(=O)C(N)C(C)C)C(=O)NCC(=O)O. The van der Waals surface area contributed by atoms with E-state index in [1.54, 1.807) is 20.8 Å². The minimum Gasteiger partial charge on any atom is -0.480 e. The molecule has 0 aliphatic carbocycles. The largest absolute Gasteiger partial charge is 0.480 e. The van der Waals surface area contributed by atoms with Gasteiger partial charge in [0.25, 0.3) is 0 Å². The Balaban J connectivity index is 5.29. The Morgan fingerprint density at radius 1 is 0.966 bits per heavy atom.